The second-order valence-corrected chi connectivity index (χ2v) is 5.86. The van der Waals surface area contributed by atoms with E-state index in [0.717, 1.165) is 23.4 Å². The lowest BCUT2D eigenvalue weighted by Crippen LogP contribution is -2.42. The predicted octanol–water partition coefficient (Wildman–Crippen LogP) is 0.683. The number of fused-ring (bicyclic) bond motifs is 1. The Morgan fingerprint density at radius 2 is 1.92 bits per heavy atom. The van der Waals surface area contributed by atoms with E-state index >= 15 is 0 Å². The first-order valence-electron chi connectivity index (χ1n) is 7.97. The topological polar surface area (TPSA) is 93.2 Å². The van der Waals surface area contributed by atoms with Gasteiger partial charge in [-0.05, 0) is 6.42 Å². The minimum Gasteiger partial charge on any atom is -0.352 e. The van der Waals surface area contributed by atoms with Gasteiger partial charge in [-0.2, -0.15) is 5.10 Å². The van der Waals surface area contributed by atoms with Crippen molar-refractivity contribution in [2.24, 2.45) is 12.8 Å². The molecule has 7 nitrogen and oxygen atoms in total. The number of rotatable bonds is 3. The number of carbonyl (C=O) groups is 2. The summed E-state index contributed by atoms with van der Waals surface area (Å²) in [5.41, 5.74) is 9.49. The van der Waals surface area contributed by atoms with Crippen molar-refractivity contribution in [3.63, 3.8) is 0 Å². The highest BCUT2D eigenvalue weighted by atomic mass is 16.2. The SMILES string of the molecule is Cn1nc2c(c1-c1ccccc1)CCN(C(=O)CNC(N)=O)CC2. The van der Waals surface area contributed by atoms with Crippen LogP contribution >= 0.6 is 0 Å². The van der Waals surface area contributed by atoms with Gasteiger partial charge in [0.05, 0.1) is 17.9 Å². The number of amides is 3. The lowest BCUT2D eigenvalue weighted by Gasteiger charge is -2.20. The molecule has 3 rings (SSSR count). The molecular formula is C17H21N5O2. The molecule has 126 valence electrons. The minimum atomic E-state index is -0.685. The summed E-state index contributed by atoms with van der Waals surface area (Å²) in [6, 6.07) is 9.47. The highest BCUT2D eigenvalue weighted by Gasteiger charge is 2.24. The highest BCUT2D eigenvalue weighted by Crippen LogP contribution is 2.28. The van der Waals surface area contributed by atoms with Crippen LogP contribution in [-0.2, 0) is 24.7 Å². The molecular weight excluding hydrogens is 306 g/mol. The Bertz CT molecular complexity index is 754. The molecule has 1 aliphatic rings. The summed E-state index contributed by atoms with van der Waals surface area (Å²) >= 11 is 0. The third kappa shape index (κ3) is 3.24. The zero-order valence-electron chi connectivity index (χ0n) is 13.7. The number of benzene rings is 1. The van der Waals surface area contributed by atoms with Gasteiger partial charge in [0.25, 0.3) is 0 Å². The first kappa shape index (κ1) is 16.0. The van der Waals surface area contributed by atoms with E-state index in [2.05, 4.69) is 22.5 Å². The van der Waals surface area contributed by atoms with Crippen LogP contribution in [0.25, 0.3) is 11.3 Å². The Morgan fingerprint density at radius 1 is 1.21 bits per heavy atom. The van der Waals surface area contributed by atoms with E-state index in [9.17, 15) is 9.59 Å². The summed E-state index contributed by atoms with van der Waals surface area (Å²) in [5, 5.41) is 7.00. The van der Waals surface area contributed by atoms with Gasteiger partial charge in [0.2, 0.25) is 5.91 Å². The molecule has 0 unspecified atom stereocenters. The van der Waals surface area contributed by atoms with Gasteiger partial charge in [0.1, 0.15) is 0 Å². The fourth-order valence-electron chi connectivity index (χ4n) is 3.17. The fourth-order valence-corrected chi connectivity index (χ4v) is 3.17. The van der Waals surface area contributed by atoms with Gasteiger partial charge in [0.15, 0.2) is 0 Å². The van der Waals surface area contributed by atoms with Gasteiger partial charge in [-0.3, -0.25) is 9.48 Å². The Labute approximate surface area is 140 Å². The fraction of sp³-hybridized carbons (Fsp3) is 0.353. The summed E-state index contributed by atoms with van der Waals surface area (Å²) in [5.74, 6) is -0.121. The molecule has 0 atom stereocenters. The average molecular weight is 327 g/mol. The zero-order valence-corrected chi connectivity index (χ0v) is 13.7. The van der Waals surface area contributed by atoms with Crippen LogP contribution in [0.3, 0.4) is 0 Å². The second kappa shape index (κ2) is 6.74. The monoisotopic (exact) mass is 327 g/mol. The first-order chi connectivity index (χ1) is 11.6. The van der Waals surface area contributed by atoms with Gasteiger partial charge in [-0.25, -0.2) is 4.79 Å². The summed E-state index contributed by atoms with van der Waals surface area (Å²) in [7, 11) is 1.96. The van der Waals surface area contributed by atoms with Crippen LogP contribution in [0.15, 0.2) is 30.3 Å². The molecule has 0 spiro atoms. The Balaban J connectivity index is 1.79. The molecule has 1 aromatic carbocycles. The smallest absolute Gasteiger partial charge is 0.312 e. The van der Waals surface area contributed by atoms with Gasteiger partial charge >= 0.3 is 6.03 Å². The van der Waals surface area contributed by atoms with Crippen molar-refractivity contribution in [3.8, 4) is 11.3 Å². The molecule has 2 heterocycles. The van der Waals surface area contributed by atoms with Crippen LogP contribution in [-0.4, -0.2) is 46.3 Å². The van der Waals surface area contributed by atoms with E-state index in [4.69, 9.17) is 5.73 Å². The standard InChI is InChI=1S/C17H21N5O2/c1-21-16(12-5-3-2-4-6-12)13-7-9-22(10-8-14(13)20-21)15(23)11-19-17(18)24/h2-6H,7-11H2,1H3,(H3,18,19,24). The maximum absolute atomic E-state index is 12.2. The van der Waals surface area contributed by atoms with E-state index in [1.54, 1.807) is 4.90 Å². The van der Waals surface area contributed by atoms with Crippen molar-refractivity contribution < 1.29 is 9.59 Å². The molecule has 1 aliphatic heterocycles. The Morgan fingerprint density at radius 3 is 2.62 bits per heavy atom. The van der Waals surface area contributed by atoms with E-state index in [1.807, 2.05) is 29.9 Å². The molecule has 1 aromatic heterocycles. The average Bonchev–Trinajstić information content (AvgIpc) is 2.74. The number of nitrogens with zero attached hydrogens (tertiary/aromatic N) is 3. The van der Waals surface area contributed by atoms with E-state index < -0.39 is 6.03 Å². The van der Waals surface area contributed by atoms with E-state index in [-0.39, 0.29) is 12.5 Å². The zero-order chi connectivity index (χ0) is 17.1. The molecule has 0 bridgehead atoms. The van der Waals surface area contributed by atoms with Crippen molar-refractivity contribution in [2.45, 2.75) is 12.8 Å². The molecule has 3 N–H and O–H groups in total. The Kier molecular flexibility index (Phi) is 4.50. The number of hydrogen-bond donors (Lipinski definition) is 2. The lowest BCUT2D eigenvalue weighted by atomic mass is 10.0. The molecule has 0 radical (unpaired) electrons. The van der Waals surface area contributed by atoms with Crippen LogP contribution in [0.4, 0.5) is 4.79 Å². The van der Waals surface area contributed by atoms with Crippen LogP contribution in [0.1, 0.15) is 11.3 Å². The number of primary amides is 1. The third-order valence-electron chi connectivity index (χ3n) is 4.29. The highest BCUT2D eigenvalue weighted by molar-refractivity contribution is 5.83. The van der Waals surface area contributed by atoms with Crippen molar-refractivity contribution >= 4 is 11.9 Å². The third-order valence-corrected chi connectivity index (χ3v) is 4.29. The normalized spacial score (nSPS) is 14.0. The molecule has 7 heteroatoms. The molecule has 2 aromatic rings. The molecule has 0 saturated heterocycles. The summed E-state index contributed by atoms with van der Waals surface area (Å²) in [6.45, 7) is 1.14. The first-order valence-corrected chi connectivity index (χ1v) is 7.97. The number of carbonyl (C=O) groups excluding carboxylic acids is 2. The number of aromatic nitrogens is 2. The number of hydrogen-bond acceptors (Lipinski definition) is 3. The Hall–Kier alpha value is -2.83. The maximum Gasteiger partial charge on any atom is 0.312 e. The quantitative estimate of drug-likeness (QED) is 0.868. The molecule has 0 fully saturated rings. The van der Waals surface area contributed by atoms with Crippen LogP contribution < -0.4 is 11.1 Å². The maximum atomic E-state index is 12.2. The largest absolute Gasteiger partial charge is 0.352 e. The number of urea groups is 1. The summed E-state index contributed by atoms with van der Waals surface area (Å²) in [4.78, 5) is 24.7. The number of aryl methyl sites for hydroxylation is 1. The van der Waals surface area contributed by atoms with Gasteiger partial charge in [-0.15, -0.1) is 0 Å². The summed E-state index contributed by atoms with van der Waals surface area (Å²) < 4.78 is 1.92. The van der Waals surface area contributed by atoms with Crippen molar-refractivity contribution in [1.29, 1.82) is 0 Å². The van der Waals surface area contributed by atoms with Gasteiger partial charge in [-0.1, -0.05) is 30.3 Å². The molecule has 24 heavy (non-hydrogen) atoms. The minimum absolute atomic E-state index is 0.0632. The van der Waals surface area contributed by atoms with Crippen molar-refractivity contribution in [2.75, 3.05) is 19.6 Å². The van der Waals surface area contributed by atoms with Crippen LogP contribution in [0.2, 0.25) is 0 Å². The van der Waals surface area contributed by atoms with Crippen molar-refractivity contribution in [3.05, 3.63) is 41.6 Å². The van der Waals surface area contributed by atoms with Gasteiger partial charge in [0, 0.05) is 37.7 Å². The summed E-state index contributed by atoms with van der Waals surface area (Å²) in [6.07, 6.45) is 1.45. The second-order valence-electron chi connectivity index (χ2n) is 5.86. The molecule has 3 amide bonds. The van der Waals surface area contributed by atoms with Gasteiger partial charge < -0.3 is 16.0 Å². The number of nitrogens with two attached hydrogens (primary N) is 1. The van der Waals surface area contributed by atoms with Crippen LogP contribution in [0, 0.1) is 0 Å². The predicted molar refractivity (Wildman–Crippen MR) is 90.2 cm³/mol. The molecule has 0 saturated carbocycles. The van der Waals surface area contributed by atoms with Crippen LogP contribution in [0.5, 0.6) is 0 Å². The van der Waals surface area contributed by atoms with E-state index in [0.29, 0.717) is 19.5 Å². The van der Waals surface area contributed by atoms with E-state index in [1.165, 1.54) is 5.56 Å². The lowest BCUT2D eigenvalue weighted by molar-refractivity contribution is -0.129. The van der Waals surface area contributed by atoms with Crippen molar-refractivity contribution in [1.82, 2.24) is 20.0 Å². The molecule has 0 aliphatic carbocycles. The number of nitrogens with one attached hydrogen (secondary N) is 1.